The van der Waals surface area contributed by atoms with Gasteiger partial charge < -0.3 is 40.5 Å². The van der Waals surface area contributed by atoms with Crippen LogP contribution in [0.15, 0.2) is 60.0 Å². The number of carbonyl (C=O) groups is 3. The number of ether oxygens (including phenoxy) is 1. The van der Waals surface area contributed by atoms with Crippen LogP contribution < -0.4 is 20.7 Å². The number of aromatic nitrogens is 2. The van der Waals surface area contributed by atoms with Crippen LogP contribution in [0.2, 0.25) is 0 Å². The van der Waals surface area contributed by atoms with Crippen molar-refractivity contribution in [3.8, 4) is 5.75 Å². The van der Waals surface area contributed by atoms with Crippen LogP contribution in [0.1, 0.15) is 38.0 Å². The standard InChI is InChI=1S/C36H34ClN7O4S.ClH/c1-19-18-49-33-30(48-36(47)43-9-7-42(2)8-10-43)15-29-32(31(19)33)22(16-37)17-44(29)35(46)28-14-21-12-24(4-6-26(21)41-28)39-34(45)27-13-20-11-23(38)3-5-25(20)40-27;/h3-6,11-15,18,22,40-41H,7-10,16-17,38H2,1-2H3,(H,39,45);1H/t22-;/m0./s1. The quantitative estimate of drug-likeness (QED) is 0.110. The Morgan fingerprint density at radius 2 is 1.68 bits per heavy atom. The maximum atomic E-state index is 14.2. The third kappa shape index (κ3) is 5.91. The first-order valence-corrected chi connectivity index (χ1v) is 17.5. The van der Waals surface area contributed by atoms with E-state index in [1.54, 1.807) is 34.1 Å². The molecule has 0 spiro atoms. The number of benzene rings is 3. The smallest absolute Gasteiger partial charge is 0.409 e. The highest BCUT2D eigenvalue weighted by atomic mass is 35.5. The van der Waals surface area contributed by atoms with Crippen LogP contribution in [0.5, 0.6) is 5.75 Å². The van der Waals surface area contributed by atoms with Crippen LogP contribution in [0.25, 0.3) is 31.9 Å². The van der Waals surface area contributed by atoms with Gasteiger partial charge in [0.05, 0.1) is 10.4 Å². The first kappa shape index (κ1) is 33.7. The largest absolute Gasteiger partial charge is 0.415 e. The molecule has 6 aromatic rings. The predicted molar refractivity (Wildman–Crippen MR) is 203 cm³/mol. The second-order valence-corrected chi connectivity index (χ2v) is 14.0. The molecule has 11 nitrogen and oxygen atoms in total. The van der Waals surface area contributed by atoms with Gasteiger partial charge in [-0.05, 0) is 79.0 Å². The normalized spacial score (nSPS) is 16.2. The lowest BCUT2D eigenvalue weighted by Crippen LogP contribution is -2.48. The number of hydrogen-bond acceptors (Lipinski definition) is 7. The number of halogens is 2. The van der Waals surface area contributed by atoms with Gasteiger partial charge in [-0.25, -0.2) is 4.79 Å². The molecule has 5 N–H and O–H groups in total. The maximum Gasteiger partial charge on any atom is 0.415 e. The van der Waals surface area contributed by atoms with Crippen molar-refractivity contribution in [3.63, 3.8) is 0 Å². The summed E-state index contributed by atoms with van der Waals surface area (Å²) >= 11 is 8.05. The molecule has 0 aliphatic carbocycles. The van der Waals surface area contributed by atoms with Crippen molar-refractivity contribution in [3.05, 3.63) is 82.5 Å². The summed E-state index contributed by atoms with van der Waals surface area (Å²) in [5.41, 5.74) is 12.2. The van der Waals surface area contributed by atoms with E-state index in [4.69, 9.17) is 22.1 Å². The zero-order chi connectivity index (χ0) is 34.0. The van der Waals surface area contributed by atoms with Gasteiger partial charge in [-0.3, -0.25) is 9.59 Å². The number of piperazine rings is 1. The third-order valence-electron chi connectivity index (χ3n) is 9.50. The number of likely N-dealkylation sites (N-methyl/N-ethyl adjacent to an activating group) is 1. The second kappa shape index (κ2) is 13.2. The molecule has 3 aromatic heterocycles. The van der Waals surface area contributed by atoms with Gasteiger partial charge >= 0.3 is 6.09 Å². The highest BCUT2D eigenvalue weighted by Gasteiger charge is 2.37. The Balaban J connectivity index is 0.00000392. The summed E-state index contributed by atoms with van der Waals surface area (Å²) in [7, 11) is 2.04. The van der Waals surface area contributed by atoms with Gasteiger partial charge in [0.15, 0.2) is 5.75 Å². The summed E-state index contributed by atoms with van der Waals surface area (Å²) in [6.07, 6.45) is -0.391. The van der Waals surface area contributed by atoms with Crippen LogP contribution in [0.3, 0.4) is 0 Å². The molecule has 0 unspecified atom stereocenters. The first-order chi connectivity index (χ1) is 23.7. The van der Waals surface area contributed by atoms with Crippen molar-refractivity contribution >= 4 is 102 Å². The highest BCUT2D eigenvalue weighted by molar-refractivity contribution is 7.17. The zero-order valence-electron chi connectivity index (χ0n) is 27.3. The molecule has 3 amide bonds. The van der Waals surface area contributed by atoms with E-state index >= 15 is 0 Å². The van der Waals surface area contributed by atoms with E-state index in [-0.39, 0.29) is 30.1 Å². The fourth-order valence-corrected chi connectivity index (χ4v) is 8.16. The minimum absolute atomic E-state index is 0. The number of nitrogens with zero attached hydrogens (tertiary/aromatic N) is 3. The lowest BCUT2D eigenvalue weighted by atomic mass is 9.97. The van der Waals surface area contributed by atoms with Gasteiger partial charge in [0, 0.05) is 89.2 Å². The molecule has 2 aliphatic heterocycles. The molecule has 0 radical (unpaired) electrons. The van der Waals surface area contributed by atoms with E-state index in [0.717, 1.165) is 56.1 Å². The molecule has 1 atom stereocenters. The zero-order valence-corrected chi connectivity index (χ0v) is 29.7. The summed E-state index contributed by atoms with van der Waals surface area (Å²) in [6.45, 7) is 5.18. The Kier molecular flexibility index (Phi) is 8.89. The van der Waals surface area contributed by atoms with Crippen molar-refractivity contribution in [2.24, 2.45) is 0 Å². The summed E-state index contributed by atoms with van der Waals surface area (Å²) in [6, 6.07) is 16.3. The predicted octanol–water partition coefficient (Wildman–Crippen LogP) is 7.16. The number of alkyl halides is 1. The molecule has 5 heterocycles. The molecule has 258 valence electrons. The monoisotopic (exact) mass is 731 g/mol. The van der Waals surface area contributed by atoms with Crippen LogP contribution >= 0.6 is 35.3 Å². The number of nitrogen functional groups attached to an aromatic ring is 1. The number of carbonyl (C=O) groups excluding carboxylic acids is 3. The summed E-state index contributed by atoms with van der Waals surface area (Å²) in [5, 5.41) is 7.60. The number of aryl methyl sites for hydroxylation is 1. The number of aromatic amines is 2. The molecule has 2 aliphatic rings. The van der Waals surface area contributed by atoms with Crippen LogP contribution in [-0.4, -0.2) is 83.3 Å². The number of nitrogens with one attached hydrogen (secondary N) is 3. The molecule has 14 heteroatoms. The summed E-state index contributed by atoms with van der Waals surface area (Å²) in [4.78, 5) is 52.6. The molecule has 8 rings (SSSR count). The van der Waals surface area contributed by atoms with Gasteiger partial charge in [0.1, 0.15) is 11.4 Å². The Labute approximate surface area is 302 Å². The topological polar surface area (TPSA) is 140 Å². The molecule has 1 fully saturated rings. The molecular weight excluding hydrogens is 697 g/mol. The van der Waals surface area contributed by atoms with E-state index in [1.807, 2.05) is 44.3 Å². The van der Waals surface area contributed by atoms with Gasteiger partial charge in [0.25, 0.3) is 11.8 Å². The molecule has 50 heavy (non-hydrogen) atoms. The Hall–Kier alpha value is -4.75. The van der Waals surface area contributed by atoms with Gasteiger partial charge in [0.2, 0.25) is 0 Å². The number of nitrogens with two attached hydrogens (primary N) is 1. The van der Waals surface area contributed by atoms with Crippen molar-refractivity contribution < 1.29 is 19.1 Å². The van der Waals surface area contributed by atoms with Crippen molar-refractivity contribution in [1.29, 1.82) is 0 Å². The number of anilines is 3. The minimum Gasteiger partial charge on any atom is -0.409 e. The maximum absolute atomic E-state index is 14.2. The first-order valence-electron chi connectivity index (χ1n) is 16.1. The summed E-state index contributed by atoms with van der Waals surface area (Å²) < 4.78 is 6.92. The average Bonchev–Trinajstić information content (AvgIpc) is 3.88. The number of thiophene rings is 1. The van der Waals surface area contributed by atoms with E-state index in [2.05, 4.69) is 25.6 Å². The third-order valence-corrected chi connectivity index (χ3v) is 11.0. The van der Waals surface area contributed by atoms with E-state index in [9.17, 15) is 14.4 Å². The van der Waals surface area contributed by atoms with E-state index in [1.165, 1.54) is 11.3 Å². The fourth-order valence-electron chi connectivity index (χ4n) is 6.89. The van der Waals surface area contributed by atoms with Crippen molar-refractivity contribution in [2.75, 3.05) is 61.6 Å². The van der Waals surface area contributed by atoms with E-state index < -0.39 is 6.09 Å². The number of amides is 3. The van der Waals surface area contributed by atoms with Crippen molar-refractivity contribution in [1.82, 2.24) is 19.8 Å². The lowest BCUT2D eigenvalue weighted by Gasteiger charge is -2.31. The van der Waals surface area contributed by atoms with Crippen LogP contribution in [-0.2, 0) is 0 Å². The van der Waals surface area contributed by atoms with Gasteiger partial charge in [-0.15, -0.1) is 35.3 Å². The van der Waals surface area contributed by atoms with Crippen LogP contribution in [0, 0.1) is 6.92 Å². The van der Waals surface area contributed by atoms with Gasteiger partial charge in [-0.1, -0.05) is 0 Å². The Bertz CT molecular complexity index is 2310. The number of rotatable bonds is 5. The van der Waals surface area contributed by atoms with E-state index in [0.29, 0.717) is 59.7 Å². The Morgan fingerprint density at radius 3 is 2.44 bits per heavy atom. The molecule has 1 saturated heterocycles. The molecular formula is C36H35Cl2N7O4S. The second-order valence-electron chi connectivity index (χ2n) is 12.8. The molecule has 0 bridgehead atoms. The SMILES string of the molecule is Cc1csc2c(OC(=O)N3CCN(C)CC3)cc3c(c12)[C@@H](CCl)CN3C(=O)c1cc2cc(NC(=O)c3cc4cc(N)ccc4[nH]3)ccc2[nH]1.Cl. The lowest BCUT2D eigenvalue weighted by molar-refractivity contribution is 0.0982. The number of H-pyrrole nitrogens is 2. The Morgan fingerprint density at radius 1 is 0.980 bits per heavy atom. The average molecular weight is 733 g/mol. The number of fused-ring (bicyclic) bond motifs is 5. The molecule has 0 saturated carbocycles. The number of hydrogen-bond donors (Lipinski definition) is 4. The highest BCUT2D eigenvalue weighted by Crippen LogP contribution is 2.49. The summed E-state index contributed by atoms with van der Waals surface area (Å²) in [5.74, 6) is 0.170. The fraction of sp³-hybridized carbons (Fsp3) is 0.250. The van der Waals surface area contributed by atoms with Crippen LogP contribution in [0.4, 0.5) is 21.9 Å². The minimum atomic E-state index is -0.391. The van der Waals surface area contributed by atoms with Gasteiger partial charge in [-0.2, -0.15) is 0 Å². The molecule has 3 aromatic carbocycles. The van der Waals surface area contributed by atoms with Crippen molar-refractivity contribution in [2.45, 2.75) is 12.8 Å².